The van der Waals surface area contributed by atoms with Gasteiger partial charge < -0.3 is 10.1 Å². The molecule has 19 heavy (non-hydrogen) atoms. The van der Waals surface area contributed by atoms with Crippen molar-refractivity contribution in [2.45, 2.75) is 65.0 Å². The van der Waals surface area contributed by atoms with E-state index in [9.17, 15) is 0 Å². The van der Waals surface area contributed by atoms with E-state index in [1.807, 2.05) is 0 Å². The molecule has 1 saturated carbocycles. The molecule has 1 N–H and O–H groups in total. The summed E-state index contributed by atoms with van der Waals surface area (Å²) < 4.78 is 5.09. The maximum Gasteiger partial charge on any atom is 0.0587 e. The second-order valence-electron chi connectivity index (χ2n) is 6.40. The molecule has 0 aromatic carbocycles. The second-order valence-corrected chi connectivity index (χ2v) is 6.40. The normalized spacial score (nSPS) is 18.6. The van der Waals surface area contributed by atoms with Gasteiger partial charge in [-0.05, 0) is 38.6 Å². The van der Waals surface area contributed by atoms with Crippen LogP contribution in [0.1, 0.15) is 52.9 Å². The molecule has 0 amide bonds. The largest absolute Gasteiger partial charge is 0.383 e. The molecule has 0 heterocycles. The van der Waals surface area contributed by atoms with Crippen molar-refractivity contribution in [2.75, 3.05) is 33.4 Å². The molecule has 1 rings (SSSR count). The Bertz CT molecular complexity index is 215. The Hall–Kier alpha value is -0.120. The lowest BCUT2D eigenvalue weighted by Crippen LogP contribution is -2.46. The van der Waals surface area contributed by atoms with Crippen LogP contribution in [-0.2, 0) is 4.74 Å². The predicted octanol–water partition coefficient (Wildman–Crippen LogP) is 2.90. The summed E-state index contributed by atoms with van der Waals surface area (Å²) in [6.07, 6.45) is 6.97. The van der Waals surface area contributed by atoms with Crippen molar-refractivity contribution < 1.29 is 4.74 Å². The van der Waals surface area contributed by atoms with Gasteiger partial charge in [0, 0.05) is 32.3 Å². The molecular formula is C16H34N2O. The van der Waals surface area contributed by atoms with E-state index in [1.165, 1.54) is 38.6 Å². The SMILES string of the molecule is COCCNCC(C)N(CCC(C)C)C1CCCC1. The van der Waals surface area contributed by atoms with Gasteiger partial charge in [-0.1, -0.05) is 26.7 Å². The summed E-state index contributed by atoms with van der Waals surface area (Å²) in [6.45, 7) is 11.1. The Kier molecular flexibility index (Phi) is 8.67. The van der Waals surface area contributed by atoms with Gasteiger partial charge >= 0.3 is 0 Å². The first kappa shape index (κ1) is 16.9. The number of nitrogens with one attached hydrogen (secondary N) is 1. The fourth-order valence-corrected chi connectivity index (χ4v) is 3.01. The van der Waals surface area contributed by atoms with Crippen LogP contribution >= 0.6 is 0 Å². The van der Waals surface area contributed by atoms with Crippen LogP contribution in [-0.4, -0.2) is 50.3 Å². The average molecular weight is 270 g/mol. The standard InChI is InChI=1S/C16H34N2O/c1-14(2)9-11-18(16-7-5-6-8-16)15(3)13-17-10-12-19-4/h14-17H,5-13H2,1-4H3. The van der Waals surface area contributed by atoms with Crippen LogP contribution in [0.2, 0.25) is 0 Å². The zero-order valence-electron chi connectivity index (χ0n) is 13.5. The molecule has 0 aromatic heterocycles. The molecule has 0 radical (unpaired) electrons. The topological polar surface area (TPSA) is 24.5 Å². The van der Waals surface area contributed by atoms with E-state index in [0.717, 1.165) is 31.7 Å². The highest BCUT2D eigenvalue weighted by Crippen LogP contribution is 2.25. The zero-order chi connectivity index (χ0) is 14.1. The molecule has 0 spiro atoms. The van der Waals surface area contributed by atoms with Crippen molar-refractivity contribution in [3.63, 3.8) is 0 Å². The van der Waals surface area contributed by atoms with Crippen LogP contribution < -0.4 is 5.32 Å². The molecule has 1 unspecified atom stereocenters. The number of hydrogen-bond acceptors (Lipinski definition) is 3. The molecule has 1 fully saturated rings. The van der Waals surface area contributed by atoms with E-state index < -0.39 is 0 Å². The molecule has 0 bridgehead atoms. The number of hydrogen-bond donors (Lipinski definition) is 1. The van der Waals surface area contributed by atoms with E-state index in [2.05, 4.69) is 31.0 Å². The summed E-state index contributed by atoms with van der Waals surface area (Å²) in [6, 6.07) is 1.47. The maximum absolute atomic E-state index is 5.09. The molecule has 0 saturated heterocycles. The third kappa shape index (κ3) is 6.73. The van der Waals surface area contributed by atoms with Crippen LogP contribution in [0, 0.1) is 5.92 Å². The Morgan fingerprint density at radius 2 is 1.89 bits per heavy atom. The molecule has 1 aliphatic carbocycles. The molecule has 1 atom stereocenters. The summed E-state index contributed by atoms with van der Waals surface area (Å²) in [5.41, 5.74) is 0. The fourth-order valence-electron chi connectivity index (χ4n) is 3.01. The monoisotopic (exact) mass is 270 g/mol. The minimum atomic E-state index is 0.638. The maximum atomic E-state index is 5.09. The summed E-state index contributed by atoms with van der Waals surface area (Å²) >= 11 is 0. The van der Waals surface area contributed by atoms with Gasteiger partial charge in [0.05, 0.1) is 6.61 Å². The van der Waals surface area contributed by atoms with Crippen molar-refractivity contribution in [2.24, 2.45) is 5.92 Å². The van der Waals surface area contributed by atoms with Gasteiger partial charge in [-0.25, -0.2) is 0 Å². The third-order valence-corrected chi connectivity index (χ3v) is 4.25. The summed E-state index contributed by atoms with van der Waals surface area (Å²) in [5, 5.41) is 3.51. The third-order valence-electron chi connectivity index (χ3n) is 4.25. The Morgan fingerprint density at radius 3 is 2.47 bits per heavy atom. The first-order valence-corrected chi connectivity index (χ1v) is 8.10. The van der Waals surface area contributed by atoms with Crippen LogP contribution in [0.3, 0.4) is 0 Å². The fraction of sp³-hybridized carbons (Fsp3) is 1.00. The van der Waals surface area contributed by atoms with Gasteiger partial charge in [0.1, 0.15) is 0 Å². The van der Waals surface area contributed by atoms with Crippen LogP contribution in [0.15, 0.2) is 0 Å². The second kappa shape index (κ2) is 9.73. The lowest BCUT2D eigenvalue weighted by atomic mass is 10.1. The minimum Gasteiger partial charge on any atom is -0.383 e. The van der Waals surface area contributed by atoms with Gasteiger partial charge in [0.15, 0.2) is 0 Å². The van der Waals surface area contributed by atoms with Crippen LogP contribution in [0.4, 0.5) is 0 Å². The van der Waals surface area contributed by atoms with Crippen molar-refractivity contribution in [3.05, 3.63) is 0 Å². The van der Waals surface area contributed by atoms with Gasteiger partial charge in [-0.3, -0.25) is 4.90 Å². The molecule has 3 nitrogen and oxygen atoms in total. The van der Waals surface area contributed by atoms with Crippen molar-refractivity contribution in [3.8, 4) is 0 Å². The number of rotatable bonds is 10. The average Bonchev–Trinajstić information content (AvgIpc) is 2.88. The molecule has 0 aromatic rings. The van der Waals surface area contributed by atoms with Crippen molar-refractivity contribution in [1.29, 1.82) is 0 Å². The molecule has 0 aliphatic heterocycles. The van der Waals surface area contributed by atoms with Crippen LogP contribution in [0.5, 0.6) is 0 Å². The summed E-state index contributed by atoms with van der Waals surface area (Å²) in [7, 11) is 1.76. The number of ether oxygens (including phenoxy) is 1. The lowest BCUT2D eigenvalue weighted by molar-refractivity contribution is 0.131. The van der Waals surface area contributed by atoms with Gasteiger partial charge in [-0.2, -0.15) is 0 Å². The van der Waals surface area contributed by atoms with Crippen molar-refractivity contribution in [1.82, 2.24) is 10.2 Å². The predicted molar refractivity (Wildman–Crippen MR) is 82.6 cm³/mol. The van der Waals surface area contributed by atoms with E-state index >= 15 is 0 Å². The van der Waals surface area contributed by atoms with E-state index in [-0.39, 0.29) is 0 Å². The first-order valence-electron chi connectivity index (χ1n) is 8.10. The highest BCUT2D eigenvalue weighted by Gasteiger charge is 2.25. The molecule has 114 valence electrons. The van der Waals surface area contributed by atoms with E-state index in [0.29, 0.717) is 6.04 Å². The Balaban J connectivity index is 2.36. The summed E-state index contributed by atoms with van der Waals surface area (Å²) in [5.74, 6) is 0.803. The highest BCUT2D eigenvalue weighted by atomic mass is 16.5. The molecular weight excluding hydrogens is 236 g/mol. The quantitative estimate of drug-likeness (QED) is 0.618. The van der Waals surface area contributed by atoms with Gasteiger partial charge in [-0.15, -0.1) is 0 Å². The van der Waals surface area contributed by atoms with Gasteiger partial charge in [0.2, 0.25) is 0 Å². The molecule has 3 heteroatoms. The van der Waals surface area contributed by atoms with Crippen molar-refractivity contribution >= 4 is 0 Å². The lowest BCUT2D eigenvalue weighted by Gasteiger charge is -2.35. The first-order chi connectivity index (χ1) is 9.15. The number of nitrogens with zero attached hydrogens (tertiary/aromatic N) is 1. The van der Waals surface area contributed by atoms with Gasteiger partial charge in [0.25, 0.3) is 0 Å². The minimum absolute atomic E-state index is 0.638. The van der Waals surface area contributed by atoms with E-state index in [1.54, 1.807) is 7.11 Å². The Morgan fingerprint density at radius 1 is 1.21 bits per heavy atom. The highest BCUT2D eigenvalue weighted by molar-refractivity contribution is 4.82. The smallest absolute Gasteiger partial charge is 0.0587 e. The molecule has 1 aliphatic rings. The number of methoxy groups -OCH3 is 1. The summed E-state index contributed by atoms with van der Waals surface area (Å²) in [4.78, 5) is 2.76. The van der Waals surface area contributed by atoms with E-state index in [4.69, 9.17) is 4.74 Å². The zero-order valence-corrected chi connectivity index (χ0v) is 13.5. The Labute approximate surface area is 120 Å². The van der Waals surface area contributed by atoms with Crippen LogP contribution in [0.25, 0.3) is 0 Å².